The molecule has 1 saturated heterocycles. The molecule has 10 heteroatoms. The van der Waals surface area contributed by atoms with Crippen molar-refractivity contribution in [1.29, 1.82) is 0 Å². The van der Waals surface area contributed by atoms with Gasteiger partial charge in [-0.05, 0) is 47.4 Å². The lowest BCUT2D eigenvalue weighted by Gasteiger charge is -2.46. The van der Waals surface area contributed by atoms with Crippen LogP contribution in [0.2, 0.25) is 0 Å². The van der Waals surface area contributed by atoms with E-state index in [4.69, 9.17) is 14.2 Å². The number of esters is 1. The van der Waals surface area contributed by atoms with Gasteiger partial charge in [0.2, 0.25) is 12.1 Å². The first-order chi connectivity index (χ1) is 24.8. The second-order valence-electron chi connectivity index (χ2n) is 12.2. The molecule has 1 heterocycles. The Bertz CT molecular complexity index is 1920. The molecular weight excluding hydrogens is 646 g/mol. The summed E-state index contributed by atoms with van der Waals surface area (Å²) in [7, 11) is 0. The van der Waals surface area contributed by atoms with Crippen molar-refractivity contribution in [3.8, 4) is 5.75 Å². The van der Waals surface area contributed by atoms with E-state index in [9.17, 15) is 19.2 Å². The minimum absolute atomic E-state index is 0.0220. The Morgan fingerprint density at radius 1 is 0.745 bits per heavy atom. The van der Waals surface area contributed by atoms with Gasteiger partial charge in [-0.3, -0.25) is 9.59 Å². The normalized spacial score (nSPS) is 16.9. The third kappa shape index (κ3) is 8.60. The highest BCUT2D eigenvalue weighted by atomic mass is 16.6. The van der Waals surface area contributed by atoms with Gasteiger partial charge in [0, 0.05) is 6.42 Å². The standard InChI is InChI=1S/C41H37N3O7/c1-41(44-36(45)34(25-28-15-6-2-7-16-28)42-40(48)49-27-29-17-8-3-9-18-29)38(47)43-39(41)50-33-24-14-23-32(26-33)37(46)51-35(30-19-10-4-11-20-30)31-21-12-5-13-22-31/h2-24,26,34-35,39H,25,27H2,1H3,(H,42,48)(H,43,47)(H,44,45)/t34-,39-,41+/m0/s1. The topological polar surface area (TPSA) is 132 Å². The highest BCUT2D eigenvalue weighted by Gasteiger charge is 2.55. The number of nitrogens with one attached hydrogen (secondary N) is 3. The first kappa shape index (κ1) is 34.4. The maximum Gasteiger partial charge on any atom is 0.408 e. The summed E-state index contributed by atoms with van der Waals surface area (Å²) in [5, 5.41) is 8.10. The summed E-state index contributed by atoms with van der Waals surface area (Å²) in [5.41, 5.74) is 1.96. The first-order valence-corrected chi connectivity index (χ1v) is 16.5. The molecule has 6 rings (SSSR count). The van der Waals surface area contributed by atoms with Crippen LogP contribution in [0.4, 0.5) is 4.79 Å². The van der Waals surface area contributed by atoms with Crippen molar-refractivity contribution in [2.75, 3.05) is 0 Å². The van der Waals surface area contributed by atoms with Crippen molar-refractivity contribution in [2.24, 2.45) is 0 Å². The molecular formula is C41H37N3O7. The molecule has 0 radical (unpaired) electrons. The third-order valence-corrected chi connectivity index (χ3v) is 8.50. The van der Waals surface area contributed by atoms with Gasteiger partial charge in [0.15, 0.2) is 11.6 Å². The zero-order valence-corrected chi connectivity index (χ0v) is 27.9. The van der Waals surface area contributed by atoms with Gasteiger partial charge >= 0.3 is 12.1 Å². The molecule has 51 heavy (non-hydrogen) atoms. The van der Waals surface area contributed by atoms with Crippen molar-refractivity contribution >= 4 is 23.9 Å². The lowest BCUT2D eigenvalue weighted by atomic mass is 9.89. The summed E-state index contributed by atoms with van der Waals surface area (Å²) in [6, 6.07) is 42.6. The number of hydrogen-bond donors (Lipinski definition) is 3. The van der Waals surface area contributed by atoms with Crippen LogP contribution < -0.4 is 20.7 Å². The van der Waals surface area contributed by atoms with E-state index >= 15 is 0 Å². The van der Waals surface area contributed by atoms with Crippen molar-refractivity contribution < 1.29 is 33.4 Å². The van der Waals surface area contributed by atoms with Gasteiger partial charge in [-0.15, -0.1) is 0 Å². The van der Waals surface area contributed by atoms with Crippen molar-refractivity contribution in [1.82, 2.24) is 16.0 Å². The van der Waals surface area contributed by atoms with Crippen LogP contribution in [0.3, 0.4) is 0 Å². The van der Waals surface area contributed by atoms with Crippen LogP contribution in [-0.4, -0.2) is 41.7 Å². The lowest BCUT2D eigenvalue weighted by Crippen LogP contribution is -2.80. The molecule has 1 aliphatic heterocycles. The quantitative estimate of drug-likeness (QED) is 0.104. The monoisotopic (exact) mass is 683 g/mol. The molecule has 3 atom stereocenters. The van der Waals surface area contributed by atoms with Gasteiger partial charge in [0.25, 0.3) is 5.91 Å². The van der Waals surface area contributed by atoms with E-state index in [-0.39, 0.29) is 24.3 Å². The summed E-state index contributed by atoms with van der Waals surface area (Å²) in [5.74, 6) is -1.38. The Morgan fingerprint density at radius 2 is 1.31 bits per heavy atom. The predicted molar refractivity (Wildman–Crippen MR) is 189 cm³/mol. The van der Waals surface area contributed by atoms with Gasteiger partial charge in [-0.25, -0.2) is 9.59 Å². The number of hydrogen-bond acceptors (Lipinski definition) is 7. The molecule has 5 aromatic rings. The van der Waals surface area contributed by atoms with Crippen LogP contribution in [0.25, 0.3) is 0 Å². The number of ether oxygens (including phenoxy) is 3. The minimum atomic E-state index is -1.50. The van der Waals surface area contributed by atoms with E-state index in [0.717, 1.165) is 22.3 Å². The lowest BCUT2D eigenvalue weighted by molar-refractivity contribution is -0.153. The Morgan fingerprint density at radius 3 is 1.90 bits per heavy atom. The van der Waals surface area contributed by atoms with E-state index in [0.29, 0.717) is 0 Å². The van der Waals surface area contributed by atoms with Crippen LogP contribution in [0.15, 0.2) is 146 Å². The van der Waals surface area contributed by atoms with Gasteiger partial charge in [-0.2, -0.15) is 0 Å². The summed E-state index contributed by atoms with van der Waals surface area (Å²) in [6.07, 6.45) is -2.25. The van der Waals surface area contributed by atoms with Gasteiger partial charge in [0.05, 0.1) is 5.56 Å². The summed E-state index contributed by atoms with van der Waals surface area (Å²) < 4.78 is 17.5. The summed E-state index contributed by atoms with van der Waals surface area (Å²) in [4.78, 5) is 52.9. The van der Waals surface area contributed by atoms with Crippen LogP contribution in [-0.2, 0) is 32.1 Å². The maximum absolute atomic E-state index is 13.7. The van der Waals surface area contributed by atoms with Gasteiger partial charge in [0.1, 0.15) is 18.4 Å². The highest BCUT2D eigenvalue weighted by Crippen LogP contribution is 2.29. The maximum atomic E-state index is 13.7. The van der Waals surface area contributed by atoms with E-state index < -0.39 is 47.8 Å². The smallest absolute Gasteiger partial charge is 0.408 e. The Kier molecular flexibility index (Phi) is 10.7. The predicted octanol–water partition coefficient (Wildman–Crippen LogP) is 5.88. The molecule has 0 unspecified atom stereocenters. The number of alkyl carbamates (subject to hydrolysis) is 1. The second kappa shape index (κ2) is 15.9. The first-order valence-electron chi connectivity index (χ1n) is 16.5. The fourth-order valence-electron chi connectivity index (χ4n) is 5.63. The zero-order chi connectivity index (χ0) is 35.6. The molecule has 0 bridgehead atoms. The number of benzene rings is 5. The average Bonchev–Trinajstić information content (AvgIpc) is 3.17. The Hall–Kier alpha value is -6.42. The third-order valence-electron chi connectivity index (χ3n) is 8.50. The molecule has 1 aliphatic rings. The van der Waals surface area contributed by atoms with Crippen molar-refractivity contribution in [3.63, 3.8) is 0 Å². The SMILES string of the molecule is C[C@@]1(NC(=O)[C@H](Cc2ccccc2)NC(=O)OCc2ccccc2)C(=O)N[C@H]1Oc1cccc(C(=O)OC(c2ccccc2)c2ccccc2)c1. The van der Waals surface area contributed by atoms with E-state index in [1.165, 1.54) is 13.0 Å². The molecule has 3 N–H and O–H groups in total. The average molecular weight is 684 g/mol. The number of carbonyl (C=O) groups excluding carboxylic acids is 4. The molecule has 10 nitrogen and oxygen atoms in total. The summed E-state index contributed by atoms with van der Waals surface area (Å²) >= 11 is 0. The Labute approximate surface area is 295 Å². The number of rotatable bonds is 13. The highest BCUT2D eigenvalue weighted by molar-refractivity contribution is 5.98. The Balaban J connectivity index is 1.13. The van der Waals surface area contributed by atoms with Crippen LogP contribution >= 0.6 is 0 Å². The minimum Gasteiger partial charge on any atom is -0.468 e. The van der Waals surface area contributed by atoms with Crippen LogP contribution in [0, 0.1) is 0 Å². The van der Waals surface area contributed by atoms with E-state index in [1.54, 1.807) is 18.2 Å². The largest absolute Gasteiger partial charge is 0.468 e. The molecule has 0 saturated carbocycles. The molecule has 0 aliphatic carbocycles. The fraction of sp³-hybridized carbons (Fsp3) is 0.171. The van der Waals surface area contributed by atoms with Crippen LogP contribution in [0.5, 0.6) is 5.75 Å². The molecule has 3 amide bonds. The van der Waals surface area contributed by atoms with Gasteiger partial charge < -0.3 is 30.2 Å². The molecule has 5 aromatic carbocycles. The number of β-lactam (4-membered cyclic amide) rings is 1. The number of carbonyl (C=O) groups is 4. The summed E-state index contributed by atoms with van der Waals surface area (Å²) in [6.45, 7) is 1.55. The number of amides is 3. The van der Waals surface area contributed by atoms with Crippen LogP contribution in [0.1, 0.15) is 45.6 Å². The van der Waals surface area contributed by atoms with E-state index in [2.05, 4.69) is 16.0 Å². The zero-order valence-electron chi connectivity index (χ0n) is 27.9. The molecule has 258 valence electrons. The molecule has 0 aromatic heterocycles. The molecule has 1 fully saturated rings. The molecule has 0 spiro atoms. The van der Waals surface area contributed by atoms with E-state index in [1.807, 2.05) is 121 Å². The van der Waals surface area contributed by atoms with Crippen molar-refractivity contribution in [3.05, 3.63) is 173 Å². The van der Waals surface area contributed by atoms with Gasteiger partial charge in [-0.1, -0.05) is 127 Å². The van der Waals surface area contributed by atoms with Crippen molar-refractivity contribution in [2.45, 2.75) is 43.9 Å². The fourth-order valence-corrected chi connectivity index (χ4v) is 5.63. The second-order valence-corrected chi connectivity index (χ2v) is 12.2.